The lowest BCUT2D eigenvalue weighted by Crippen LogP contribution is -2.08. The van der Waals surface area contributed by atoms with Crippen LogP contribution in [0.2, 0.25) is 0 Å². The maximum absolute atomic E-state index is 13.0. The summed E-state index contributed by atoms with van der Waals surface area (Å²) in [5.74, 6) is 0.508. The smallest absolute Gasteiger partial charge is 0.433 e. The van der Waals surface area contributed by atoms with Crippen LogP contribution in [-0.4, -0.2) is 36.4 Å². The monoisotopic (exact) mass is 379 g/mol. The van der Waals surface area contributed by atoms with E-state index < -0.39 is 11.9 Å². The number of alkyl halides is 3. The molecule has 3 heterocycles. The molecule has 0 amide bonds. The van der Waals surface area contributed by atoms with Crippen LogP contribution in [0, 0.1) is 0 Å². The van der Waals surface area contributed by atoms with Crippen molar-refractivity contribution in [2.24, 2.45) is 0 Å². The van der Waals surface area contributed by atoms with Crippen molar-refractivity contribution in [2.45, 2.75) is 26.3 Å². The summed E-state index contributed by atoms with van der Waals surface area (Å²) in [5, 5.41) is 13.1. The van der Waals surface area contributed by atoms with Crippen LogP contribution in [0.1, 0.15) is 24.0 Å². The van der Waals surface area contributed by atoms with Crippen molar-refractivity contribution >= 4 is 0 Å². The number of aliphatic hydroxyl groups excluding tert-OH is 1. The number of halogens is 3. The summed E-state index contributed by atoms with van der Waals surface area (Å²) in [5.41, 5.74) is 0.416. The van der Waals surface area contributed by atoms with Crippen molar-refractivity contribution in [3.8, 4) is 17.0 Å². The van der Waals surface area contributed by atoms with Crippen LogP contribution in [0.15, 0.2) is 36.9 Å². The predicted octanol–water partition coefficient (Wildman–Crippen LogP) is 2.69. The summed E-state index contributed by atoms with van der Waals surface area (Å²) in [6.07, 6.45) is -0.434. The minimum Gasteiger partial charge on any atom is -0.478 e. The molecule has 0 bridgehead atoms. The number of rotatable bonds is 6. The van der Waals surface area contributed by atoms with E-state index in [2.05, 4.69) is 20.1 Å². The number of nitrogens with zero attached hydrogens (tertiary/aromatic N) is 5. The van der Waals surface area contributed by atoms with Crippen LogP contribution >= 0.6 is 0 Å². The molecule has 0 fully saturated rings. The van der Waals surface area contributed by atoms with Crippen LogP contribution in [0.5, 0.6) is 5.88 Å². The average Bonchev–Trinajstić information content (AvgIpc) is 3.10. The molecule has 0 aliphatic carbocycles. The van der Waals surface area contributed by atoms with E-state index in [1.165, 1.54) is 17.1 Å². The molecule has 1 N–H and O–H groups in total. The van der Waals surface area contributed by atoms with Crippen LogP contribution < -0.4 is 4.74 Å². The molecule has 3 rings (SSSR count). The second-order valence-corrected chi connectivity index (χ2v) is 5.57. The molecule has 3 aromatic rings. The van der Waals surface area contributed by atoms with Crippen LogP contribution in [0.3, 0.4) is 0 Å². The van der Waals surface area contributed by atoms with Crippen molar-refractivity contribution in [2.75, 3.05) is 6.61 Å². The lowest BCUT2D eigenvalue weighted by molar-refractivity contribution is -0.141. The highest BCUT2D eigenvalue weighted by Gasteiger charge is 2.32. The van der Waals surface area contributed by atoms with Gasteiger partial charge in [-0.3, -0.25) is 4.98 Å². The molecular weight excluding hydrogens is 363 g/mol. The summed E-state index contributed by atoms with van der Waals surface area (Å²) < 4.78 is 45.9. The van der Waals surface area contributed by atoms with E-state index in [0.29, 0.717) is 23.3 Å². The summed E-state index contributed by atoms with van der Waals surface area (Å²) in [6, 6.07) is 4.12. The third kappa shape index (κ3) is 4.40. The van der Waals surface area contributed by atoms with Gasteiger partial charge < -0.3 is 9.84 Å². The van der Waals surface area contributed by atoms with Gasteiger partial charge in [0.2, 0.25) is 5.88 Å². The Morgan fingerprint density at radius 3 is 2.67 bits per heavy atom. The summed E-state index contributed by atoms with van der Waals surface area (Å²) in [7, 11) is 0. The maximum atomic E-state index is 13.0. The van der Waals surface area contributed by atoms with Gasteiger partial charge in [-0.15, -0.1) is 0 Å². The lowest BCUT2D eigenvalue weighted by atomic mass is 10.1. The Hall–Kier alpha value is -3.01. The van der Waals surface area contributed by atoms with E-state index in [9.17, 15) is 13.2 Å². The number of hydrogen-bond donors (Lipinski definition) is 1. The zero-order valence-electron chi connectivity index (χ0n) is 14.3. The number of aliphatic hydroxyl groups is 1. The van der Waals surface area contributed by atoms with Crippen molar-refractivity contribution < 1.29 is 23.0 Å². The molecule has 0 aliphatic rings. The molecule has 7 nitrogen and oxygen atoms in total. The quantitative estimate of drug-likeness (QED) is 0.709. The molecule has 0 atom stereocenters. The first-order valence-corrected chi connectivity index (χ1v) is 8.05. The Kier molecular flexibility index (Phi) is 5.36. The number of pyridine rings is 2. The van der Waals surface area contributed by atoms with Gasteiger partial charge in [-0.2, -0.15) is 18.3 Å². The maximum Gasteiger partial charge on any atom is 0.433 e. The van der Waals surface area contributed by atoms with Crippen molar-refractivity contribution in [1.29, 1.82) is 0 Å². The van der Waals surface area contributed by atoms with Gasteiger partial charge in [-0.25, -0.2) is 14.6 Å². The fraction of sp³-hybridized carbons (Fsp3) is 0.294. The minimum absolute atomic E-state index is 0.232. The Morgan fingerprint density at radius 1 is 1.19 bits per heavy atom. The highest BCUT2D eigenvalue weighted by atomic mass is 19.4. The molecule has 0 unspecified atom stereocenters. The highest BCUT2D eigenvalue weighted by Crippen LogP contribution is 2.33. The fourth-order valence-electron chi connectivity index (χ4n) is 2.46. The Morgan fingerprint density at radius 2 is 2.00 bits per heavy atom. The molecule has 0 aliphatic heterocycles. The summed E-state index contributed by atoms with van der Waals surface area (Å²) >= 11 is 0. The largest absolute Gasteiger partial charge is 0.478 e. The lowest BCUT2D eigenvalue weighted by Gasteiger charge is -2.13. The molecule has 0 aromatic carbocycles. The van der Waals surface area contributed by atoms with Gasteiger partial charge in [0.1, 0.15) is 18.6 Å². The normalized spacial score (nSPS) is 11.6. The van der Waals surface area contributed by atoms with Crippen LogP contribution in [0.25, 0.3) is 11.1 Å². The van der Waals surface area contributed by atoms with Gasteiger partial charge >= 0.3 is 6.18 Å². The second kappa shape index (κ2) is 7.70. The van der Waals surface area contributed by atoms with Gasteiger partial charge in [0.25, 0.3) is 0 Å². The van der Waals surface area contributed by atoms with Crippen LogP contribution in [-0.2, 0) is 19.3 Å². The molecule has 0 spiro atoms. The third-order valence-electron chi connectivity index (χ3n) is 3.62. The standard InChI is InChI=1S/C17H16F3N5O2/c1-2-27-16-13(12-3-4-21-14(6-12)17(18,19)20)5-11(7-22-16)8-25-10-23-15(9-26)24-25/h3-7,10,26H,2,8-9H2,1H3. The molecule has 0 saturated heterocycles. The minimum atomic E-state index is -4.55. The van der Waals surface area contributed by atoms with Gasteiger partial charge in [-0.1, -0.05) is 0 Å². The third-order valence-corrected chi connectivity index (χ3v) is 3.62. The molecule has 0 saturated carbocycles. The zero-order chi connectivity index (χ0) is 19.4. The first-order chi connectivity index (χ1) is 12.9. The second-order valence-electron chi connectivity index (χ2n) is 5.57. The van der Waals surface area contributed by atoms with Gasteiger partial charge in [0.05, 0.1) is 13.2 Å². The SMILES string of the molecule is CCOc1ncc(Cn2cnc(CO)n2)cc1-c1ccnc(C(F)(F)F)c1. The summed E-state index contributed by atoms with van der Waals surface area (Å²) in [6.45, 7) is 2.09. The molecule has 142 valence electrons. The summed E-state index contributed by atoms with van der Waals surface area (Å²) in [4.78, 5) is 11.5. The van der Waals surface area contributed by atoms with E-state index in [0.717, 1.165) is 12.3 Å². The fourth-order valence-corrected chi connectivity index (χ4v) is 2.46. The Balaban J connectivity index is 1.99. The first kappa shape index (κ1) is 18.8. The highest BCUT2D eigenvalue weighted by molar-refractivity contribution is 5.69. The molecule has 27 heavy (non-hydrogen) atoms. The van der Waals surface area contributed by atoms with Gasteiger partial charge in [0, 0.05) is 18.0 Å². The Bertz CT molecular complexity index is 927. The Labute approximate surface area is 152 Å². The topological polar surface area (TPSA) is 86.0 Å². The van der Waals surface area contributed by atoms with E-state index >= 15 is 0 Å². The average molecular weight is 379 g/mol. The predicted molar refractivity (Wildman–Crippen MR) is 88.7 cm³/mol. The number of aromatic nitrogens is 5. The van der Waals surface area contributed by atoms with E-state index in [1.54, 1.807) is 19.2 Å². The molecular formula is C17H16F3N5O2. The van der Waals surface area contributed by atoms with Crippen molar-refractivity contribution in [3.05, 3.63) is 54.0 Å². The van der Waals surface area contributed by atoms with E-state index in [1.807, 2.05) is 0 Å². The number of hydrogen-bond acceptors (Lipinski definition) is 6. The molecule has 0 radical (unpaired) electrons. The van der Waals surface area contributed by atoms with Gasteiger partial charge in [-0.05, 0) is 36.2 Å². The molecule has 10 heteroatoms. The van der Waals surface area contributed by atoms with E-state index in [-0.39, 0.29) is 24.9 Å². The first-order valence-electron chi connectivity index (χ1n) is 8.05. The number of ether oxygens (including phenoxy) is 1. The van der Waals surface area contributed by atoms with Crippen LogP contribution in [0.4, 0.5) is 13.2 Å². The van der Waals surface area contributed by atoms with E-state index in [4.69, 9.17) is 9.84 Å². The van der Waals surface area contributed by atoms with Gasteiger partial charge in [0.15, 0.2) is 5.82 Å². The van der Waals surface area contributed by atoms with Crippen molar-refractivity contribution in [3.63, 3.8) is 0 Å². The molecule has 3 aromatic heterocycles. The zero-order valence-corrected chi connectivity index (χ0v) is 14.3. The van der Waals surface area contributed by atoms with Crippen molar-refractivity contribution in [1.82, 2.24) is 24.7 Å².